The second kappa shape index (κ2) is 3.86. The predicted octanol–water partition coefficient (Wildman–Crippen LogP) is 3.54. The van der Waals surface area contributed by atoms with Gasteiger partial charge in [-0.1, -0.05) is 45.0 Å². The van der Waals surface area contributed by atoms with Crippen LogP contribution in [0.2, 0.25) is 0 Å². The summed E-state index contributed by atoms with van der Waals surface area (Å²) < 4.78 is 5.42. The summed E-state index contributed by atoms with van der Waals surface area (Å²) in [4.78, 5) is 11.2. The number of ether oxygens (including phenoxy) is 1. The number of benzene rings is 1. The molecule has 0 bridgehead atoms. The van der Waals surface area contributed by atoms with Crippen molar-refractivity contribution >= 4 is 5.97 Å². The van der Waals surface area contributed by atoms with E-state index >= 15 is 0 Å². The summed E-state index contributed by atoms with van der Waals surface area (Å²) in [6, 6.07) is 8.43. The van der Waals surface area contributed by atoms with Crippen LogP contribution >= 0.6 is 0 Å². The molecule has 1 aliphatic rings. The summed E-state index contributed by atoms with van der Waals surface area (Å²) in [5, 5.41) is 0. The summed E-state index contributed by atoms with van der Waals surface area (Å²) in [6.45, 7) is 8.57. The Bertz CT molecular complexity index is 425. The molecule has 17 heavy (non-hydrogen) atoms. The number of hydrogen-bond acceptors (Lipinski definition) is 2. The van der Waals surface area contributed by atoms with Crippen molar-refractivity contribution in [2.75, 3.05) is 0 Å². The minimum atomic E-state index is -0.423. The number of carbonyl (C=O) groups is 1. The highest BCUT2D eigenvalue weighted by Crippen LogP contribution is 2.37. The predicted molar refractivity (Wildman–Crippen MR) is 67.8 cm³/mol. The third kappa shape index (κ3) is 2.36. The minimum absolute atomic E-state index is 0.0904. The molecule has 1 aromatic carbocycles. The number of carbonyl (C=O) groups excluding carboxylic acids is 1. The average molecular weight is 232 g/mol. The van der Waals surface area contributed by atoms with Crippen molar-refractivity contribution in [3.05, 3.63) is 35.4 Å². The molecule has 0 N–H and O–H groups in total. The minimum Gasteiger partial charge on any atom is -0.454 e. The lowest BCUT2D eigenvalue weighted by atomic mass is 9.84. The van der Waals surface area contributed by atoms with Crippen LogP contribution in [0.15, 0.2) is 24.3 Å². The first-order chi connectivity index (χ1) is 7.81. The third-order valence-corrected chi connectivity index (χ3v) is 3.51. The van der Waals surface area contributed by atoms with Gasteiger partial charge in [0, 0.05) is 12.8 Å². The van der Waals surface area contributed by atoms with Crippen molar-refractivity contribution in [1.29, 1.82) is 0 Å². The van der Waals surface area contributed by atoms with Gasteiger partial charge in [-0.2, -0.15) is 0 Å². The second-order valence-corrected chi connectivity index (χ2v) is 6.03. The first-order valence-corrected chi connectivity index (χ1v) is 6.14. The highest BCUT2D eigenvalue weighted by Gasteiger charge is 2.37. The summed E-state index contributed by atoms with van der Waals surface area (Å²) in [7, 11) is 0. The molecule has 0 spiro atoms. The molecular weight excluding hydrogens is 212 g/mol. The maximum atomic E-state index is 11.2. The normalized spacial score (nSPS) is 24.8. The zero-order chi connectivity index (χ0) is 12.7. The van der Waals surface area contributed by atoms with Gasteiger partial charge in [0.1, 0.15) is 5.60 Å². The number of esters is 1. The van der Waals surface area contributed by atoms with Crippen molar-refractivity contribution in [2.24, 2.45) is 0 Å². The van der Waals surface area contributed by atoms with Gasteiger partial charge in [0.25, 0.3) is 0 Å². The molecule has 1 aromatic rings. The molecule has 2 heteroatoms. The molecule has 1 saturated heterocycles. The van der Waals surface area contributed by atoms with Crippen LogP contribution in [0.1, 0.15) is 51.7 Å². The van der Waals surface area contributed by atoms with E-state index in [0.29, 0.717) is 6.42 Å². The number of hydrogen-bond donors (Lipinski definition) is 0. The molecule has 1 fully saturated rings. The van der Waals surface area contributed by atoms with Crippen molar-refractivity contribution in [1.82, 2.24) is 0 Å². The maximum absolute atomic E-state index is 11.2. The molecule has 0 aliphatic carbocycles. The molecule has 0 aromatic heterocycles. The van der Waals surface area contributed by atoms with E-state index in [1.165, 1.54) is 5.56 Å². The van der Waals surface area contributed by atoms with Gasteiger partial charge in [-0.15, -0.1) is 0 Å². The van der Waals surface area contributed by atoms with E-state index in [0.717, 1.165) is 12.0 Å². The Morgan fingerprint density at radius 1 is 1.18 bits per heavy atom. The Hall–Kier alpha value is -1.31. The van der Waals surface area contributed by atoms with Crippen molar-refractivity contribution < 1.29 is 9.53 Å². The van der Waals surface area contributed by atoms with Gasteiger partial charge in [0.2, 0.25) is 0 Å². The van der Waals surface area contributed by atoms with Crippen LogP contribution in [-0.2, 0) is 20.5 Å². The SMILES string of the molecule is CC(C)(C)c1ccc(C2(C)CCC(=O)O2)cc1. The lowest BCUT2D eigenvalue weighted by Gasteiger charge is -2.25. The molecule has 2 nitrogen and oxygen atoms in total. The standard InChI is InChI=1S/C15H20O2/c1-14(2,3)11-5-7-12(8-6-11)15(4)10-9-13(16)17-15/h5-8H,9-10H2,1-4H3. The quantitative estimate of drug-likeness (QED) is 0.692. The fraction of sp³-hybridized carbons (Fsp3) is 0.533. The van der Waals surface area contributed by atoms with Crippen molar-refractivity contribution in [3.8, 4) is 0 Å². The van der Waals surface area contributed by atoms with E-state index < -0.39 is 5.60 Å². The van der Waals surface area contributed by atoms with Crippen LogP contribution < -0.4 is 0 Å². The Kier molecular flexibility index (Phi) is 2.76. The van der Waals surface area contributed by atoms with Crippen LogP contribution in [0.3, 0.4) is 0 Å². The smallest absolute Gasteiger partial charge is 0.306 e. The van der Waals surface area contributed by atoms with Gasteiger partial charge >= 0.3 is 5.97 Å². The van der Waals surface area contributed by atoms with Crippen molar-refractivity contribution in [3.63, 3.8) is 0 Å². The van der Waals surface area contributed by atoms with E-state index in [2.05, 4.69) is 45.0 Å². The maximum Gasteiger partial charge on any atom is 0.306 e. The number of rotatable bonds is 1. The van der Waals surface area contributed by atoms with Gasteiger partial charge in [-0.25, -0.2) is 0 Å². The Balaban J connectivity index is 2.27. The van der Waals surface area contributed by atoms with Gasteiger partial charge in [-0.05, 0) is 23.5 Å². The molecule has 1 unspecified atom stereocenters. The van der Waals surface area contributed by atoms with Crippen LogP contribution in [0.5, 0.6) is 0 Å². The topological polar surface area (TPSA) is 26.3 Å². The fourth-order valence-corrected chi connectivity index (χ4v) is 2.22. The molecule has 0 amide bonds. The van der Waals surface area contributed by atoms with Gasteiger partial charge in [0.05, 0.1) is 0 Å². The molecule has 2 rings (SSSR count). The molecular formula is C15H20O2. The number of cyclic esters (lactones) is 1. The van der Waals surface area contributed by atoms with Crippen LogP contribution in [-0.4, -0.2) is 5.97 Å². The van der Waals surface area contributed by atoms with Crippen LogP contribution in [0.4, 0.5) is 0 Å². The molecule has 1 aliphatic heterocycles. The second-order valence-electron chi connectivity index (χ2n) is 6.03. The lowest BCUT2D eigenvalue weighted by molar-refractivity contribution is -0.147. The van der Waals surface area contributed by atoms with Gasteiger partial charge in [-0.3, -0.25) is 4.79 Å². The fourth-order valence-electron chi connectivity index (χ4n) is 2.22. The van der Waals surface area contributed by atoms with Gasteiger partial charge < -0.3 is 4.74 Å². The summed E-state index contributed by atoms with van der Waals surface area (Å²) in [5.74, 6) is -0.0904. The monoisotopic (exact) mass is 232 g/mol. The Morgan fingerprint density at radius 3 is 2.18 bits per heavy atom. The molecule has 0 radical (unpaired) electrons. The lowest BCUT2D eigenvalue weighted by Crippen LogP contribution is -2.21. The highest BCUT2D eigenvalue weighted by atomic mass is 16.6. The van der Waals surface area contributed by atoms with E-state index in [9.17, 15) is 4.79 Å². The highest BCUT2D eigenvalue weighted by molar-refractivity contribution is 5.72. The first kappa shape index (κ1) is 12.2. The summed E-state index contributed by atoms with van der Waals surface area (Å²) >= 11 is 0. The average Bonchev–Trinajstić information content (AvgIpc) is 2.59. The Morgan fingerprint density at radius 2 is 1.76 bits per heavy atom. The van der Waals surface area contributed by atoms with E-state index in [1.807, 2.05) is 6.92 Å². The summed E-state index contributed by atoms with van der Waals surface area (Å²) in [6.07, 6.45) is 1.30. The van der Waals surface area contributed by atoms with E-state index in [4.69, 9.17) is 4.74 Å². The molecule has 0 saturated carbocycles. The third-order valence-electron chi connectivity index (χ3n) is 3.51. The van der Waals surface area contributed by atoms with E-state index in [-0.39, 0.29) is 11.4 Å². The van der Waals surface area contributed by atoms with E-state index in [1.54, 1.807) is 0 Å². The van der Waals surface area contributed by atoms with Gasteiger partial charge in [0.15, 0.2) is 0 Å². The molecule has 1 atom stereocenters. The zero-order valence-corrected chi connectivity index (χ0v) is 11.0. The van der Waals surface area contributed by atoms with Crippen LogP contribution in [0.25, 0.3) is 0 Å². The molecule has 92 valence electrons. The largest absolute Gasteiger partial charge is 0.454 e. The summed E-state index contributed by atoms with van der Waals surface area (Å²) in [5.41, 5.74) is 2.13. The van der Waals surface area contributed by atoms with Crippen molar-refractivity contribution in [2.45, 2.75) is 51.6 Å². The van der Waals surface area contributed by atoms with Crippen LogP contribution in [0, 0.1) is 0 Å². The zero-order valence-electron chi connectivity index (χ0n) is 11.0. The first-order valence-electron chi connectivity index (χ1n) is 6.14. The molecule has 1 heterocycles. The Labute approximate surface area is 103 Å².